The highest BCUT2D eigenvalue weighted by molar-refractivity contribution is 6.18. The lowest BCUT2D eigenvalue weighted by Crippen LogP contribution is -2.52. The van der Waals surface area contributed by atoms with Gasteiger partial charge in [-0.25, -0.2) is 4.98 Å². The molecule has 4 aromatic rings. The van der Waals surface area contributed by atoms with Gasteiger partial charge in [0.05, 0.1) is 36.3 Å². The fourth-order valence-corrected chi connectivity index (χ4v) is 5.70. The van der Waals surface area contributed by atoms with Gasteiger partial charge in [0.25, 0.3) is 5.91 Å². The predicted octanol–water partition coefficient (Wildman–Crippen LogP) is 4.46. The summed E-state index contributed by atoms with van der Waals surface area (Å²) in [7, 11) is 3.24. The van der Waals surface area contributed by atoms with E-state index in [0.29, 0.717) is 65.0 Å². The molecule has 3 aromatic carbocycles. The molecule has 2 N–H and O–H groups in total. The minimum absolute atomic E-state index is 0.150. The Labute approximate surface area is 243 Å². The molecule has 3 heterocycles. The van der Waals surface area contributed by atoms with Gasteiger partial charge in [-0.15, -0.1) is 0 Å². The standard InChI is InChI=1S/C32H34N4O6/c1-32(2)21-10-11-22-27(35-29(34-22)20-7-5-8-24-28(20)42-18-41-24)26(21)30(37)36(31(32)38)16-6-14-33-15-13-19-9-12-23(39-3)25(17-19)40-4/h5,7-12,17,33H,6,13-16,18H2,1-4H3,(H,34,35). The summed E-state index contributed by atoms with van der Waals surface area (Å²) in [4.78, 5) is 36.9. The number of aromatic nitrogens is 2. The monoisotopic (exact) mass is 570 g/mol. The van der Waals surface area contributed by atoms with Crippen LogP contribution in [-0.4, -0.2) is 67.3 Å². The molecule has 0 saturated carbocycles. The maximum atomic E-state index is 13.8. The van der Waals surface area contributed by atoms with Crippen LogP contribution in [0.3, 0.4) is 0 Å². The molecule has 6 rings (SSSR count). The van der Waals surface area contributed by atoms with E-state index in [1.165, 1.54) is 4.90 Å². The Kier molecular flexibility index (Phi) is 7.24. The molecule has 2 aliphatic rings. The molecule has 0 unspecified atom stereocenters. The summed E-state index contributed by atoms with van der Waals surface area (Å²) in [6.07, 6.45) is 1.44. The van der Waals surface area contributed by atoms with Crippen molar-refractivity contribution in [1.82, 2.24) is 20.2 Å². The summed E-state index contributed by atoms with van der Waals surface area (Å²) in [5.74, 6) is 2.73. The molecular weight excluding hydrogens is 536 g/mol. The average molecular weight is 571 g/mol. The third kappa shape index (κ3) is 4.71. The topological polar surface area (TPSA) is 115 Å². The van der Waals surface area contributed by atoms with E-state index in [4.69, 9.17) is 23.9 Å². The zero-order valence-corrected chi connectivity index (χ0v) is 24.2. The first-order valence-corrected chi connectivity index (χ1v) is 14.0. The summed E-state index contributed by atoms with van der Waals surface area (Å²) in [6, 6.07) is 15.2. The van der Waals surface area contributed by atoms with Crippen LogP contribution in [0.1, 0.15) is 41.8 Å². The first-order valence-electron chi connectivity index (χ1n) is 14.0. The number of para-hydroxylation sites is 1. The van der Waals surface area contributed by atoms with Crippen LogP contribution in [0.2, 0.25) is 0 Å². The van der Waals surface area contributed by atoms with Gasteiger partial charge in [-0.2, -0.15) is 0 Å². The van der Waals surface area contributed by atoms with Crippen LogP contribution in [0.15, 0.2) is 48.5 Å². The third-order valence-corrected chi connectivity index (χ3v) is 7.99. The van der Waals surface area contributed by atoms with Gasteiger partial charge < -0.3 is 29.2 Å². The van der Waals surface area contributed by atoms with Gasteiger partial charge in [0.2, 0.25) is 12.7 Å². The first-order chi connectivity index (χ1) is 20.3. The number of imidazole rings is 1. The Morgan fingerprint density at radius 2 is 1.86 bits per heavy atom. The molecule has 1 aromatic heterocycles. The number of amides is 2. The van der Waals surface area contributed by atoms with Gasteiger partial charge in [0.1, 0.15) is 11.3 Å². The number of methoxy groups -OCH3 is 2. The fourth-order valence-electron chi connectivity index (χ4n) is 5.70. The van der Waals surface area contributed by atoms with Crippen LogP contribution >= 0.6 is 0 Å². The molecule has 0 saturated heterocycles. The summed E-state index contributed by atoms with van der Waals surface area (Å²) in [6.45, 7) is 5.61. The van der Waals surface area contributed by atoms with E-state index in [1.54, 1.807) is 14.2 Å². The Hall–Kier alpha value is -4.57. The van der Waals surface area contributed by atoms with E-state index < -0.39 is 5.41 Å². The molecule has 10 nitrogen and oxygen atoms in total. The maximum absolute atomic E-state index is 13.8. The second-order valence-corrected chi connectivity index (χ2v) is 10.9. The number of imide groups is 1. The second kappa shape index (κ2) is 11.0. The molecule has 10 heteroatoms. The average Bonchev–Trinajstić information content (AvgIpc) is 3.66. The lowest BCUT2D eigenvalue weighted by Gasteiger charge is -2.37. The summed E-state index contributed by atoms with van der Waals surface area (Å²) >= 11 is 0. The molecule has 2 aliphatic heterocycles. The van der Waals surface area contributed by atoms with Crippen molar-refractivity contribution in [3.05, 3.63) is 65.2 Å². The highest BCUT2D eigenvalue weighted by Crippen LogP contribution is 2.42. The second-order valence-electron chi connectivity index (χ2n) is 10.9. The Bertz CT molecular complexity index is 1680. The number of aromatic amines is 1. The number of nitrogens with one attached hydrogen (secondary N) is 2. The molecule has 0 aliphatic carbocycles. The zero-order chi connectivity index (χ0) is 29.4. The van der Waals surface area contributed by atoms with Crippen LogP contribution in [0.25, 0.3) is 22.4 Å². The van der Waals surface area contributed by atoms with E-state index >= 15 is 0 Å². The van der Waals surface area contributed by atoms with Gasteiger partial charge >= 0.3 is 0 Å². The SMILES string of the molecule is COc1ccc(CCNCCCN2C(=O)c3c(ccc4[nH]c(-c5cccc6c5OCO6)nc34)C(C)(C)C2=O)cc1OC. The van der Waals surface area contributed by atoms with Crippen molar-refractivity contribution >= 4 is 22.8 Å². The minimum Gasteiger partial charge on any atom is -0.493 e. The zero-order valence-electron chi connectivity index (χ0n) is 24.2. The van der Waals surface area contributed by atoms with Crippen molar-refractivity contribution in [2.45, 2.75) is 32.1 Å². The molecule has 218 valence electrons. The van der Waals surface area contributed by atoms with Crippen molar-refractivity contribution in [2.75, 3.05) is 40.6 Å². The molecule has 0 fully saturated rings. The highest BCUT2D eigenvalue weighted by atomic mass is 16.7. The van der Waals surface area contributed by atoms with Gasteiger partial charge in [0, 0.05) is 6.54 Å². The molecule has 2 amide bonds. The van der Waals surface area contributed by atoms with Gasteiger partial charge in [-0.05, 0) is 81.2 Å². The van der Waals surface area contributed by atoms with Crippen molar-refractivity contribution in [3.8, 4) is 34.4 Å². The van der Waals surface area contributed by atoms with Crippen LogP contribution in [0.5, 0.6) is 23.0 Å². The molecular formula is C32H34N4O6. The third-order valence-electron chi connectivity index (χ3n) is 7.99. The maximum Gasteiger partial charge on any atom is 0.263 e. The van der Waals surface area contributed by atoms with Crippen molar-refractivity contribution < 1.29 is 28.5 Å². The number of H-pyrrole nitrogens is 1. The van der Waals surface area contributed by atoms with Crippen LogP contribution in [0, 0.1) is 0 Å². The number of fused-ring (bicyclic) bond motifs is 4. The molecule has 0 radical (unpaired) electrons. The number of rotatable bonds is 10. The van der Waals surface area contributed by atoms with E-state index in [9.17, 15) is 9.59 Å². The van der Waals surface area contributed by atoms with Gasteiger partial charge in [-0.1, -0.05) is 18.2 Å². The lowest BCUT2D eigenvalue weighted by atomic mass is 9.76. The minimum atomic E-state index is -0.873. The fraction of sp³-hybridized carbons (Fsp3) is 0.344. The Morgan fingerprint density at radius 1 is 1.02 bits per heavy atom. The van der Waals surface area contributed by atoms with E-state index in [1.807, 2.05) is 62.4 Å². The molecule has 0 bridgehead atoms. The summed E-state index contributed by atoms with van der Waals surface area (Å²) < 4.78 is 21.9. The summed E-state index contributed by atoms with van der Waals surface area (Å²) in [5, 5.41) is 3.42. The van der Waals surface area contributed by atoms with E-state index in [0.717, 1.165) is 29.6 Å². The van der Waals surface area contributed by atoms with Crippen LogP contribution < -0.4 is 24.3 Å². The van der Waals surface area contributed by atoms with Gasteiger partial charge in [-0.3, -0.25) is 14.5 Å². The predicted molar refractivity (Wildman–Crippen MR) is 157 cm³/mol. The van der Waals surface area contributed by atoms with Crippen molar-refractivity contribution in [3.63, 3.8) is 0 Å². The number of carbonyl (C=O) groups is 2. The van der Waals surface area contributed by atoms with Gasteiger partial charge in [0.15, 0.2) is 23.0 Å². The smallest absolute Gasteiger partial charge is 0.263 e. The number of hydrogen-bond acceptors (Lipinski definition) is 8. The number of ether oxygens (including phenoxy) is 4. The molecule has 42 heavy (non-hydrogen) atoms. The normalized spacial score (nSPS) is 15.3. The highest BCUT2D eigenvalue weighted by Gasteiger charge is 2.45. The first kappa shape index (κ1) is 27.6. The van der Waals surface area contributed by atoms with E-state index in [-0.39, 0.29) is 18.6 Å². The molecule has 0 spiro atoms. The largest absolute Gasteiger partial charge is 0.493 e. The van der Waals surface area contributed by atoms with E-state index in [2.05, 4.69) is 10.3 Å². The van der Waals surface area contributed by atoms with Crippen molar-refractivity contribution in [2.24, 2.45) is 0 Å². The number of hydrogen-bond donors (Lipinski definition) is 2. The van der Waals surface area contributed by atoms with Crippen molar-refractivity contribution in [1.29, 1.82) is 0 Å². The lowest BCUT2D eigenvalue weighted by molar-refractivity contribution is -0.134. The van der Waals surface area contributed by atoms with Crippen LogP contribution in [0.4, 0.5) is 0 Å². The summed E-state index contributed by atoms with van der Waals surface area (Å²) in [5.41, 5.74) is 3.42. The number of benzene rings is 3. The number of carbonyl (C=O) groups excluding carboxylic acids is 2. The quantitative estimate of drug-likeness (QED) is 0.212. The van der Waals surface area contributed by atoms with Crippen LogP contribution in [-0.2, 0) is 16.6 Å². The number of nitrogens with zero attached hydrogens (tertiary/aromatic N) is 2. The molecule has 0 atom stereocenters. The Balaban J connectivity index is 1.16. The Morgan fingerprint density at radius 3 is 2.67 bits per heavy atom.